The number of amides is 1. The van der Waals surface area contributed by atoms with Crippen molar-refractivity contribution >= 4 is 45.8 Å². The van der Waals surface area contributed by atoms with E-state index >= 15 is 0 Å². The molecule has 1 unspecified atom stereocenters. The van der Waals surface area contributed by atoms with Crippen molar-refractivity contribution < 1.29 is 4.79 Å². The lowest BCUT2D eigenvalue weighted by molar-refractivity contribution is -0.125. The van der Waals surface area contributed by atoms with Crippen LogP contribution in [0.15, 0.2) is 18.2 Å². The van der Waals surface area contributed by atoms with Gasteiger partial charge in [-0.3, -0.25) is 4.79 Å². The lowest BCUT2D eigenvalue weighted by Crippen LogP contribution is -2.38. The van der Waals surface area contributed by atoms with Crippen LogP contribution in [0.2, 0.25) is 5.02 Å². The van der Waals surface area contributed by atoms with E-state index in [2.05, 4.69) is 40.1 Å². The Kier molecular flexibility index (Phi) is 5.09. The highest BCUT2D eigenvalue weighted by Crippen LogP contribution is 2.33. The molecule has 2 N–H and O–H groups in total. The zero-order valence-corrected chi connectivity index (χ0v) is 13.8. The summed E-state index contributed by atoms with van der Waals surface area (Å²) < 4.78 is 0.969. The van der Waals surface area contributed by atoms with Crippen molar-refractivity contribution in [3.8, 4) is 0 Å². The Morgan fingerprint density at radius 1 is 1.58 bits per heavy atom. The first-order valence-electron chi connectivity index (χ1n) is 6.54. The number of carbonyl (C=O) groups is 1. The monoisotopic (exact) mass is 392 g/mol. The number of hydrogen-bond donors (Lipinski definition) is 2. The van der Waals surface area contributed by atoms with E-state index in [1.165, 1.54) is 0 Å². The molecule has 1 amide bonds. The third-order valence-corrected chi connectivity index (χ3v) is 4.76. The van der Waals surface area contributed by atoms with Crippen LogP contribution in [0.5, 0.6) is 0 Å². The average molecular weight is 393 g/mol. The Labute approximate surface area is 132 Å². The average Bonchev–Trinajstić information content (AvgIpc) is 2.83. The molecule has 0 radical (unpaired) electrons. The summed E-state index contributed by atoms with van der Waals surface area (Å²) in [5, 5.41) is 7.05. The third kappa shape index (κ3) is 3.41. The number of anilines is 1. The van der Waals surface area contributed by atoms with Gasteiger partial charge in [-0.15, -0.1) is 0 Å². The zero-order valence-electron chi connectivity index (χ0n) is 10.9. The fourth-order valence-corrected chi connectivity index (χ4v) is 3.60. The SMILES string of the molecule is CCCC1(C(=O)Nc2ccc(Cl)cc2I)CCNC1. The van der Waals surface area contributed by atoms with Crippen molar-refractivity contribution in [3.05, 3.63) is 26.8 Å². The second kappa shape index (κ2) is 6.41. The highest BCUT2D eigenvalue weighted by atomic mass is 127. The maximum Gasteiger partial charge on any atom is 0.231 e. The molecule has 0 aliphatic carbocycles. The first-order valence-corrected chi connectivity index (χ1v) is 8.00. The van der Waals surface area contributed by atoms with Gasteiger partial charge in [-0.25, -0.2) is 0 Å². The molecule has 104 valence electrons. The molecule has 1 heterocycles. The van der Waals surface area contributed by atoms with Crippen LogP contribution < -0.4 is 10.6 Å². The van der Waals surface area contributed by atoms with Crippen molar-refractivity contribution in [2.75, 3.05) is 18.4 Å². The van der Waals surface area contributed by atoms with Crippen LogP contribution in [-0.2, 0) is 4.79 Å². The van der Waals surface area contributed by atoms with Gasteiger partial charge in [-0.2, -0.15) is 0 Å². The molecule has 5 heteroatoms. The fraction of sp³-hybridized carbons (Fsp3) is 0.500. The molecular formula is C14H18ClIN2O. The van der Waals surface area contributed by atoms with Gasteiger partial charge in [0, 0.05) is 15.1 Å². The van der Waals surface area contributed by atoms with Crippen molar-refractivity contribution in [2.45, 2.75) is 26.2 Å². The van der Waals surface area contributed by atoms with E-state index in [4.69, 9.17) is 11.6 Å². The first kappa shape index (κ1) is 15.1. The van der Waals surface area contributed by atoms with E-state index < -0.39 is 0 Å². The summed E-state index contributed by atoms with van der Waals surface area (Å²) in [6.45, 7) is 3.82. The second-order valence-electron chi connectivity index (χ2n) is 5.04. The number of halogens is 2. The van der Waals surface area contributed by atoms with Gasteiger partial charge >= 0.3 is 0 Å². The van der Waals surface area contributed by atoms with Crippen LogP contribution in [0, 0.1) is 8.99 Å². The lowest BCUT2D eigenvalue weighted by Gasteiger charge is -2.26. The minimum atomic E-state index is -0.253. The van der Waals surface area contributed by atoms with Crippen molar-refractivity contribution in [1.82, 2.24) is 5.32 Å². The Morgan fingerprint density at radius 3 is 2.95 bits per heavy atom. The third-order valence-electron chi connectivity index (χ3n) is 3.63. The van der Waals surface area contributed by atoms with Gasteiger partial charge in [-0.05, 0) is 60.2 Å². The van der Waals surface area contributed by atoms with Crippen molar-refractivity contribution in [1.29, 1.82) is 0 Å². The van der Waals surface area contributed by atoms with Crippen LogP contribution in [0.3, 0.4) is 0 Å². The van der Waals surface area contributed by atoms with Crippen molar-refractivity contribution in [2.24, 2.45) is 5.41 Å². The van der Waals surface area contributed by atoms with Gasteiger partial charge < -0.3 is 10.6 Å². The Balaban J connectivity index is 2.15. The van der Waals surface area contributed by atoms with Gasteiger partial charge in [0.2, 0.25) is 5.91 Å². The quantitative estimate of drug-likeness (QED) is 0.768. The molecule has 3 nitrogen and oxygen atoms in total. The van der Waals surface area contributed by atoms with E-state index in [0.717, 1.165) is 41.6 Å². The highest BCUT2D eigenvalue weighted by Gasteiger charge is 2.40. The summed E-state index contributed by atoms with van der Waals surface area (Å²) in [4.78, 5) is 12.6. The summed E-state index contributed by atoms with van der Waals surface area (Å²) >= 11 is 8.12. The van der Waals surface area contributed by atoms with Gasteiger partial charge in [0.1, 0.15) is 0 Å². The molecule has 1 aromatic carbocycles. The maximum absolute atomic E-state index is 12.6. The zero-order chi connectivity index (χ0) is 13.9. The molecule has 0 bridgehead atoms. The van der Waals surface area contributed by atoms with E-state index in [9.17, 15) is 4.79 Å². The molecule has 0 aromatic heterocycles. The number of nitrogens with one attached hydrogen (secondary N) is 2. The minimum absolute atomic E-state index is 0.125. The summed E-state index contributed by atoms with van der Waals surface area (Å²) in [5.74, 6) is 0.125. The molecule has 19 heavy (non-hydrogen) atoms. The molecule has 1 aliphatic rings. The molecular weight excluding hydrogens is 375 g/mol. The van der Waals surface area contributed by atoms with Crippen LogP contribution in [-0.4, -0.2) is 19.0 Å². The molecule has 2 rings (SSSR count). The van der Waals surface area contributed by atoms with E-state index in [0.29, 0.717) is 5.02 Å². The standard InChI is InChI=1S/C14H18ClIN2O/c1-2-5-14(6-7-17-9-14)13(19)18-12-4-3-10(15)8-11(12)16/h3-4,8,17H,2,5-7,9H2,1H3,(H,18,19). The minimum Gasteiger partial charge on any atom is -0.325 e. The smallest absolute Gasteiger partial charge is 0.231 e. The molecule has 0 saturated carbocycles. The Morgan fingerprint density at radius 2 is 2.37 bits per heavy atom. The Bertz CT molecular complexity index is 473. The van der Waals surface area contributed by atoms with E-state index in [1.807, 2.05) is 12.1 Å². The highest BCUT2D eigenvalue weighted by molar-refractivity contribution is 14.1. The summed E-state index contributed by atoms with van der Waals surface area (Å²) in [5.41, 5.74) is 0.592. The molecule has 1 atom stereocenters. The summed E-state index contributed by atoms with van der Waals surface area (Å²) in [6.07, 6.45) is 2.86. The molecule has 1 aromatic rings. The molecule has 1 saturated heterocycles. The van der Waals surface area contributed by atoms with Gasteiger partial charge in [0.05, 0.1) is 11.1 Å². The van der Waals surface area contributed by atoms with Gasteiger partial charge in [-0.1, -0.05) is 24.9 Å². The topological polar surface area (TPSA) is 41.1 Å². The number of benzene rings is 1. The van der Waals surface area contributed by atoms with Crippen LogP contribution in [0.1, 0.15) is 26.2 Å². The summed E-state index contributed by atoms with van der Waals surface area (Å²) in [6, 6.07) is 5.53. The number of carbonyl (C=O) groups excluding carboxylic acids is 1. The van der Waals surface area contributed by atoms with Crippen LogP contribution in [0.25, 0.3) is 0 Å². The van der Waals surface area contributed by atoms with E-state index in [1.54, 1.807) is 6.07 Å². The predicted octanol–water partition coefficient (Wildman–Crippen LogP) is 3.66. The number of hydrogen-bond acceptors (Lipinski definition) is 2. The second-order valence-corrected chi connectivity index (χ2v) is 6.63. The fourth-order valence-electron chi connectivity index (χ4n) is 2.59. The number of rotatable bonds is 4. The molecule has 1 fully saturated rings. The summed E-state index contributed by atoms with van der Waals surface area (Å²) in [7, 11) is 0. The van der Waals surface area contributed by atoms with Gasteiger partial charge in [0.25, 0.3) is 0 Å². The molecule has 0 spiro atoms. The van der Waals surface area contributed by atoms with E-state index in [-0.39, 0.29) is 11.3 Å². The van der Waals surface area contributed by atoms with Gasteiger partial charge in [0.15, 0.2) is 0 Å². The Hall–Kier alpha value is -0.330. The predicted molar refractivity (Wildman–Crippen MR) is 87.6 cm³/mol. The van der Waals surface area contributed by atoms with Crippen LogP contribution >= 0.6 is 34.2 Å². The molecule has 1 aliphatic heterocycles. The van der Waals surface area contributed by atoms with Crippen molar-refractivity contribution in [3.63, 3.8) is 0 Å². The largest absolute Gasteiger partial charge is 0.325 e. The first-order chi connectivity index (χ1) is 9.07. The normalized spacial score (nSPS) is 22.5. The lowest BCUT2D eigenvalue weighted by atomic mass is 9.81. The van der Waals surface area contributed by atoms with Crippen LogP contribution in [0.4, 0.5) is 5.69 Å². The maximum atomic E-state index is 12.6.